The van der Waals surface area contributed by atoms with E-state index in [1.807, 2.05) is 64.1 Å². The molecular weight excluding hydrogens is 402 g/mol. The second-order valence-corrected chi connectivity index (χ2v) is 8.25. The van der Waals surface area contributed by atoms with Gasteiger partial charge in [0, 0.05) is 36.6 Å². The lowest BCUT2D eigenvalue weighted by atomic mass is 10.1. The van der Waals surface area contributed by atoms with Crippen molar-refractivity contribution < 1.29 is 4.79 Å². The lowest BCUT2D eigenvalue weighted by molar-refractivity contribution is -0.116. The normalized spacial score (nSPS) is 11.1. The third-order valence-corrected chi connectivity index (χ3v) is 5.90. The smallest absolute Gasteiger partial charge is 0.300 e. The molecule has 164 valence electrons. The summed E-state index contributed by atoms with van der Waals surface area (Å²) in [4.78, 5) is 25.3. The zero-order valence-corrected chi connectivity index (χ0v) is 18.8. The molecule has 0 saturated carbocycles. The molecule has 0 fully saturated rings. The Balaban J connectivity index is 1.44. The summed E-state index contributed by atoms with van der Waals surface area (Å²) >= 11 is 0. The number of nitrogens with zero attached hydrogens (tertiary/aromatic N) is 4. The number of anilines is 1. The summed E-state index contributed by atoms with van der Waals surface area (Å²) in [6.07, 6.45) is 5.06. The quantitative estimate of drug-likeness (QED) is 0.501. The first-order valence-electron chi connectivity index (χ1n) is 10.7. The largest absolute Gasteiger partial charge is 0.326 e. The van der Waals surface area contributed by atoms with E-state index in [-0.39, 0.29) is 17.1 Å². The van der Waals surface area contributed by atoms with Gasteiger partial charge in [-0.1, -0.05) is 12.1 Å². The zero-order valence-electron chi connectivity index (χ0n) is 18.8. The van der Waals surface area contributed by atoms with Crippen LogP contribution in [-0.4, -0.2) is 25.1 Å². The van der Waals surface area contributed by atoms with Gasteiger partial charge in [-0.15, -0.1) is 10.2 Å². The van der Waals surface area contributed by atoms with Gasteiger partial charge in [-0.05, 0) is 80.6 Å². The van der Waals surface area contributed by atoms with E-state index in [9.17, 15) is 9.59 Å². The number of rotatable bonds is 6. The van der Waals surface area contributed by atoms with Crippen LogP contribution in [-0.2, 0) is 11.2 Å². The maximum Gasteiger partial charge on any atom is 0.300 e. The highest BCUT2D eigenvalue weighted by atomic mass is 16.1. The SMILES string of the molecule is Cc1ccc(NC(=O)CCCc2nnc3c(=O)n(-c4ccc(C)c(C)c4)ccn23)cc1C. The minimum absolute atomic E-state index is 0.0424. The predicted molar refractivity (Wildman–Crippen MR) is 126 cm³/mol. The third kappa shape index (κ3) is 4.32. The number of aromatic nitrogens is 4. The number of carbonyl (C=O) groups is 1. The predicted octanol–water partition coefficient (Wildman–Crippen LogP) is 4.08. The Morgan fingerprint density at radius 3 is 2.34 bits per heavy atom. The van der Waals surface area contributed by atoms with Crippen LogP contribution in [0.25, 0.3) is 11.3 Å². The maximum absolute atomic E-state index is 13.0. The summed E-state index contributed by atoms with van der Waals surface area (Å²) in [6, 6.07) is 11.8. The molecule has 0 bridgehead atoms. The first-order chi connectivity index (χ1) is 15.3. The fourth-order valence-electron chi connectivity index (χ4n) is 3.63. The molecule has 7 heteroatoms. The summed E-state index contributed by atoms with van der Waals surface area (Å²) in [7, 11) is 0. The molecule has 0 aliphatic rings. The minimum Gasteiger partial charge on any atom is -0.326 e. The molecular formula is C25H27N5O2. The van der Waals surface area contributed by atoms with Gasteiger partial charge in [0.25, 0.3) is 0 Å². The van der Waals surface area contributed by atoms with E-state index in [4.69, 9.17) is 0 Å². The van der Waals surface area contributed by atoms with Gasteiger partial charge in [0.1, 0.15) is 5.82 Å². The zero-order chi connectivity index (χ0) is 22.8. The van der Waals surface area contributed by atoms with Gasteiger partial charge in [-0.2, -0.15) is 0 Å². The number of carbonyl (C=O) groups excluding carboxylic acids is 1. The highest BCUT2D eigenvalue weighted by molar-refractivity contribution is 5.90. The van der Waals surface area contributed by atoms with E-state index in [0.29, 0.717) is 25.1 Å². The van der Waals surface area contributed by atoms with Crippen molar-refractivity contribution in [1.29, 1.82) is 0 Å². The highest BCUT2D eigenvalue weighted by Gasteiger charge is 2.13. The summed E-state index contributed by atoms with van der Waals surface area (Å²) in [5.74, 6) is 0.627. The van der Waals surface area contributed by atoms with Crippen LogP contribution in [0.5, 0.6) is 0 Å². The van der Waals surface area contributed by atoms with Gasteiger partial charge in [-0.3, -0.25) is 18.6 Å². The van der Waals surface area contributed by atoms with Crippen LogP contribution in [0.15, 0.2) is 53.6 Å². The molecule has 0 atom stereocenters. The second-order valence-electron chi connectivity index (χ2n) is 8.25. The van der Waals surface area contributed by atoms with Gasteiger partial charge >= 0.3 is 5.56 Å². The minimum atomic E-state index is -0.220. The topological polar surface area (TPSA) is 81.3 Å². The van der Waals surface area contributed by atoms with Crippen molar-refractivity contribution >= 4 is 17.2 Å². The fraction of sp³-hybridized carbons (Fsp3) is 0.280. The third-order valence-electron chi connectivity index (χ3n) is 5.90. The van der Waals surface area contributed by atoms with Crippen molar-refractivity contribution in [2.75, 3.05) is 5.32 Å². The van der Waals surface area contributed by atoms with E-state index in [1.54, 1.807) is 21.4 Å². The first kappa shape index (κ1) is 21.5. The Hall–Kier alpha value is -3.74. The van der Waals surface area contributed by atoms with Crippen molar-refractivity contribution in [1.82, 2.24) is 19.2 Å². The van der Waals surface area contributed by atoms with Crippen molar-refractivity contribution in [2.45, 2.75) is 47.0 Å². The Morgan fingerprint density at radius 2 is 1.62 bits per heavy atom. The van der Waals surface area contributed by atoms with Crippen LogP contribution in [0, 0.1) is 27.7 Å². The molecule has 0 spiro atoms. The first-order valence-corrected chi connectivity index (χ1v) is 10.7. The van der Waals surface area contributed by atoms with E-state index < -0.39 is 0 Å². The maximum atomic E-state index is 13.0. The summed E-state index contributed by atoms with van der Waals surface area (Å²) < 4.78 is 3.29. The van der Waals surface area contributed by atoms with Gasteiger partial charge in [-0.25, -0.2) is 0 Å². The van der Waals surface area contributed by atoms with Crippen LogP contribution >= 0.6 is 0 Å². The molecule has 0 radical (unpaired) electrons. The molecule has 0 aliphatic heterocycles. The molecule has 0 saturated heterocycles. The number of aryl methyl sites for hydroxylation is 5. The van der Waals surface area contributed by atoms with Crippen LogP contribution in [0.3, 0.4) is 0 Å². The second kappa shape index (κ2) is 8.78. The standard InChI is InChI=1S/C25H27N5O2/c1-16-8-10-20(14-18(16)3)26-23(31)7-5-6-22-27-28-24-25(32)29(12-13-30(22)24)21-11-9-17(2)19(4)15-21/h8-15H,5-7H2,1-4H3,(H,26,31). The molecule has 7 nitrogen and oxygen atoms in total. The molecule has 0 aliphatic carbocycles. The number of hydrogen-bond donors (Lipinski definition) is 1. The van der Waals surface area contributed by atoms with Crippen molar-refractivity contribution in [3.63, 3.8) is 0 Å². The van der Waals surface area contributed by atoms with E-state index in [2.05, 4.69) is 15.5 Å². The number of benzene rings is 2. The van der Waals surface area contributed by atoms with E-state index in [1.165, 1.54) is 11.1 Å². The number of hydrogen-bond acceptors (Lipinski definition) is 4. The van der Waals surface area contributed by atoms with Crippen molar-refractivity contribution in [2.24, 2.45) is 0 Å². The Labute approximate surface area is 186 Å². The summed E-state index contributed by atoms with van der Waals surface area (Å²) in [6.45, 7) is 8.13. The molecule has 0 unspecified atom stereocenters. The van der Waals surface area contributed by atoms with Gasteiger partial charge in [0.2, 0.25) is 11.6 Å². The number of fused-ring (bicyclic) bond motifs is 1. The van der Waals surface area contributed by atoms with Crippen LogP contribution in [0.1, 0.15) is 40.9 Å². The van der Waals surface area contributed by atoms with Gasteiger partial charge < -0.3 is 5.32 Å². The lowest BCUT2D eigenvalue weighted by Gasteiger charge is -2.09. The Morgan fingerprint density at radius 1 is 0.906 bits per heavy atom. The van der Waals surface area contributed by atoms with Gasteiger partial charge in [0.05, 0.1) is 0 Å². The number of nitrogens with one attached hydrogen (secondary N) is 1. The lowest BCUT2D eigenvalue weighted by Crippen LogP contribution is -2.20. The van der Waals surface area contributed by atoms with Crippen molar-refractivity contribution in [3.05, 3.63) is 87.2 Å². The molecule has 1 N–H and O–H groups in total. The molecule has 32 heavy (non-hydrogen) atoms. The van der Waals surface area contributed by atoms with Crippen molar-refractivity contribution in [3.8, 4) is 5.69 Å². The monoisotopic (exact) mass is 429 g/mol. The molecule has 2 aromatic carbocycles. The van der Waals surface area contributed by atoms with Crippen LogP contribution in [0.2, 0.25) is 0 Å². The highest BCUT2D eigenvalue weighted by Crippen LogP contribution is 2.15. The Kier molecular flexibility index (Phi) is 5.90. The fourth-order valence-corrected chi connectivity index (χ4v) is 3.63. The summed E-state index contributed by atoms with van der Waals surface area (Å²) in [5.41, 5.74) is 6.29. The molecule has 4 aromatic rings. The number of amides is 1. The molecule has 4 rings (SSSR count). The molecule has 2 heterocycles. The van der Waals surface area contributed by atoms with Crippen LogP contribution in [0.4, 0.5) is 5.69 Å². The van der Waals surface area contributed by atoms with Crippen LogP contribution < -0.4 is 10.9 Å². The molecule has 2 aromatic heterocycles. The summed E-state index contributed by atoms with van der Waals surface area (Å²) in [5, 5.41) is 11.2. The average molecular weight is 430 g/mol. The average Bonchev–Trinajstić information content (AvgIpc) is 3.17. The van der Waals surface area contributed by atoms with E-state index in [0.717, 1.165) is 22.5 Å². The Bertz CT molecular complexity index is 1370. The van der Waals surface area contributed by atoms with Gasteiger partial charge in [0.15, 0.2) is 0 Å². The van der Waals surface area contributed by atoms with E-state index >= 15 is 0 Å². The molecule has 1 amide bonds.